The third-order valence-electron chi connectivity index (χ3n) is 3.31. The van der Waals surface area contributed by atoms with Crippen molar-refractivity contribution in [2.24, 2.45) is 0 Å². The minimum atomic E-state index is 0.257. The summed E-state index contributed by atoms with van der Waals surface area (Å²) in [5.41, 5.74) is 3.12. The van der Waals surface area contributed by atoms with E-state index in [-0.39, 0.29) is 5.78 Å². The van der Waals surface area contributed by atoms with Crippen molar-refractivity contribution in [1.29, 1.82) is 0 Å². The van der Waals surface area contributed by atoms with Crippen LogP contribution in [0, 0.1) is 13.8 Å². The SMILES string of the molecule is Cc1ccc(C)c(C(=O)CSC2CCOCC2)c1. The number of carbonyl (C=O) groups is 1. The van der Waals surface area contributed by atoms with Gasteiger partial charge in [0.15, 0.2) is 5.78 Å². The lowest BCUT2D eigenvalue weighted by atomic mass is 10.0. The van der Waals surface area contributed by atoms with E-state index in [0.29, 0.717) is 11.0 Å². The molecule has 1 saturated heterocycles. The van der Waals surface area contributed by atoms with E-state index < -0.39 is 0 Å². The maximum absolute atomic E-state index is 12.2. The molecule has 1 aromatic rings. The molecular weight excluding hydrogens is 244 g/mol. The summed E-state index contributed by atoms with van der Waals surface area (Å²) in [7, 11) is 0. The van der Waals surface area contributed by atoms with Gasteiger partial charge in [0, 0.05) is 24.0 Å². The Labute approximate surface area is 113 Å². The van der Waals surface area contributed by atoms with Crippen molar-refractivity contribution in [3.05, 3.63) is 34.9 Å². The summed E-state index contributed by atoms with van der Waals surface area (Å²) in [6.45, 7) is 5.72. The number of hydrogen-bond donors (Lipinski definition) is 0. The van der Waals surface area contributed by atoms with Gasteiger partial charge in [-0.25, -0.2) is 0 Å². The lowest BCUT2D eigenvalue weighted by Gasteiger charge is -2.21. The molecule has 1 heterocycles. The summed E-state index contributed by atoms with van der Waals surface area (Å²) in [5.74, 6) is 0.849. The van der Waals surface area contributed by atoms with Crippen molar-refractivity contribution in [1.82, 2.24) is 0 Å². The molecule has 0 N–H and O–H groups in total. The number of Topliss-reactive ketones (excluding diaryl/α,β-unsaturated/α-hetero) is 1. The zero-order valence-electron chi connectivity index (χ0n) is 11.1. The Morgan fingerprint density at radius 1 is 1.33 bits per heavy atom. The summed E-state index contributed by atoms with van der Waals surface area (Å²) in [6.07, 6.45) is 2.15. The maximum Gasteiger partial charge on any atom is 0.173 e. The van der Waals surface area contributed by atoms with Gasteiger partial charge in [0.2, 0.25) is 0 Å². The molecule has 1 aromatic carbocycles. The number of benzene rings is 1. The average Bonchev–Trinajstić information content (AvgIpc) is 2.40. The predicted molar refractivity (Wildman–Crippen MR) is 76.5 cm³/mol. The Hall–Kier alpha value is -0.800. The highest BCUT2D eigenvalue weighted by atomic mass is 32.2. The van der Waals surface area contributed by atoms with Crippen molar-refractivity contribution in [2.75, 3.05) is 19.0 Å². The molecule has 1 aliphatic heterocycles. The fraction of sp³-hybridized carbons (Fsp3) is 0.533. The van der Waals surface area contributed by atoms with Gasteiger partial charge in [0.1, 0.15) is 0 Å². The Kier molecular flexibility index (Phi) is 4.84. The van der Waals surface area contributed by atoms with E-state index in [1.165, 1.54) is 0 Å². The summed E-state index contributed by atoms with van der Waals surface area (Å²) in [4.78, 5) is 12.2. The highest BCUT2D eigenvalue weighted by molar-refractivity contribution is 8.00. The maximum atomic E-state index is 12.2. The quantitative estimate of drug-likeness (QED) is 0.780. The lowest BCUT2D eigenvalue weighted by molar-refractivity contribution is 0.0988. The fourth-order valence-electron chi connectivity index (χ4n) is 2.15. The largest absolute Gasteiger partial charge is 0.381 e. The summed E-state index contributed by atoms with van der Waals surface area (Å²) < 4.78 is 5.33. The van der Waals surface area contributed by atoms with Gasteiger partial charge >= 0.3 is 0 Å². The second-order valence-electron chi connectivity index (χ2n) is 4.86. The molecule has 0 atom stereocenters. The van der Waals surface area contributed by atoms with Crippen LogP contribution in [-0.2, 0) is 4.74 Å². The Morgan fingerprint density at radius 2 is 2.06 bits per heavy atom. The molecule has 0 amide bonds. The van der Waals surface area contributed by atoms with E-state index in [2.05, 4.69) is 6.07 Å². The van der Waals surface area contributed by atoms with Gasteiger partial charge in [-0.3, -0.25) is 4.79 Å². The lowest BCUT2D eigenvalue weighted by Crippen LogP contribution is -2.19. The standard InChI is InChI=1S/C15H20O2S/c1-11-3-4-12(2)14(9-11)15(16)10-18-13-5-7-17-8-6-13/h3-4,9,13H,5-8,10H2,1-2H3. The first-order valence-electron chi connectivity index (χ1n) is 6.46. The van der Waals surface area contributed by atoms with E-state index >= 15 is 0 Å². The topological polar surface area (TPSA) is 26.3 Å². The van der Waals surface area contributed by atoms with Crippen molar-refractivity contribution >= 4 is 17.5 Å². The Bertz CT molecular complexity index is 423. The summed E-state index contributed by atoms with van der Waals surface area (Å²) in [6, 6.07) is 6.08. The minimum absolute atomic E-state index is 0.257. The number of ketones is 1. The number of aryl methyl sites for hydroxylation is 2. The van der Waals surface area contributed by atoms with Crippen LogP contribution in [0.5, 0.6) is 0 Å². The zero-order valence-corrected chi connectivity index (χ0v) is 11.9. The van der Waals surface area contributed by atoms with E-state index in [1.807, 2.05) is 26.0 Å². The number of thioether (sulfide) groups is 1. The summed E-state index contributed by atoms with van der Waals surface area (Å²) in [5, 5.41) is 0.591. The third kappa shape index (κ3) is 3.59. The van der Waals surface area contributed by atoms with Crippen LogP contribution in [0.1, 0.15) is 34.3 Å². The van der Waals surface area contributed by atoms with Crippen LogP contribution in [0.2, 0.25) is 0 Å². The predicted octanol–water partition coefficient (Wildman–Crippen LogP) is 3.40. The molecule has 3 heteroatoms. The molecule has 0 spiro atoms. The highest BCUT2D eigenvalue weighted by Crippen LogP contribution is 2.23. The number of rotatable bonds is 4. The fourth-order valence-corrected chi connectivity index (χ4v) is 3.22. The molecule has 2 rings (SSSR count). The molecule has 0 radical (unpaired) electrons. The van der Waals surface area contributed by atoms with Crippen LogP contribution in [0.4, 0.5) is 0 Å². The Morgan fingerprint density at radius 3 is 2.78 bits per heavy atom. The van der Waals surface area contributed by atoms with Crippen molar-refractivity contribution in [3.8, 4) is 0 Å². The third-order valence-corrected chi connectivity index (χ3v) is 4.68. The van der Waals surface area contributed by atoms with Crippen LogP contribution in [-0.4, -0.2) is 30.0 Å². The normalized spacial score (nSPS) is 16.8. The molecule has 98 valence electrons. The van der Waals surface area contributed by atoms with Crippen molar-refractivity contribution < 1.29 is 9.53 Å². The van der Waals surface area contributed by atoms with E-state index in [0.717, 1.165) is 42.7 Å². The van der Waals surface area contributed by atoms with Crippen LogP contribution >= 0.6 is 11.8 Å². The van der Waals surface area contributed by atoms with Gasteiger partial charge in [-0.05, 0) is 38.3 Å². The second-order valence-corrected chi connectivity index (χ2v) is 6.15. The average molecular weight is 264 g/mol. The van der Waals surface area contributed by atoms with Gasteiger partial charge in [0.05, 0.1) is 5.75 Å². The molecule has 1 fully saturated rings. The highest BCUT2D eigenvalue weighted by Gasteiger charge is 2.17. The smallest absolute Gasteiger partial charge is 0.173 e. The van der Waals surface area contributed by atoms with Crippen LogP contribution in [0.3, 0.4) is 0 Å². The van der Waals surface area contributed by atoms with E-state index in [4.69, 9.17) is 4.74 Å². The van der Waals surface area contributed by atoms with Gasteiger partial charge in [-0.1, -0.05) is 17.7 Å². The first kappa shape index (κ1) is 13.6. The van der Waals surface area contributed by atoms with Crippen LogP contribution in [0.25, 0.3) is 0 Å². The van der Waals surface area contributed by atoms with Crippen LogP contribution < -0.4 is 0 Å². The molecular formula is C15H20O2S. The molecule has 1 aliphatic rings. The molecule has 0 aliphatic carbocycles. The first-order valence-corrected chi connectivity index (χ1v) is 7.51. The molecule has 0 unspecified atom stereocenters. The Balaban J connectivity index is 1.92. The molecule has 0 bridgehead atoms. The van der Waals surface area contributed by atoms with E-state index in [9.17, 15) is 4.79 Å². The minimum Gasteiger partial charge on any atom is -0.381 e. The van der Waals surface area contributed by atoms with Gasteiger partial charge in [0.25, 0.3) is 0 Å². The molecule has 0 saturated carbocycles. The van der Waals surface area contributed by atoms with Crippen molar-refractivity contribution in [2.45, 2.75) is 31.9 Å². The molecule has 18 heavy (non-hydrogen) atoms. The first-order chi connectivity index (χ1) is 8.66. The van der Waals surface area contributed by atoms with Gasteiger partial charge in [-0.15, -0.1) is 0 Å². The van der Waals surface area contributed by atoms with Crippen LogP contribution in [0.15, 0.2) is 18.2 Å². The van der Waals surface area contributed by atoms with Crippen molar-refractivity contribution in [3.63, 3.8) is 0 Å². The molecule has 0 aromatic heterocycles. The second kappa shape index (κ2) is 6.39. The summed E-state index contributed by atoms with van der Waals surface area (Å²) >= 11 is 1.79. The van der Waals surface area contributed by atoms with Gasteiger partial charge in [-0.2, -0.15) is 11.8 Å². The van der Waals surface area contributed by atoms with E-state index in [1.54, 1.807) is 11.8 Å². The number of hydrogen-bond acceptors (Lipinski definition) is 3. The molecule has 2 nitrogen and oxygen atoms in total. The van der Waals surface area contributed by atoms with Gasteiger partial charge < -0.3 is 4.74 Å². The zero-order chi connectivity index (χ0) is 13.0. The number of ether oxygens (including phenoxy) is 1. The number of carbonyl (C=O) groups excluding carboxylic acids is 1. The monoisotopic (exact) mass is 264 g/mol.